The Morgan fingerprint density at radius 3 is 1.83 bits per heavy atom. The van der Waals surface area contributed by atoms with Gasteiger partial charge in [-0.05, 0) is 46.8 Å². The van der Waals surface area contributed by atoms with Gasteiger partial charge in [0.25, 0.3) is 8.32 Å². The molecule has 0 aliphatic rings. The Labute approximate surface area is 216 Å². The van der Waals surface area contributed by atoms with E-state index in [9.17, 15) is 9.59 Å². The predicted octanol–water partition coefficient (Wildman–Crippen LogP) is 4.92. The maximum absolute atomic E-state index is 12.8. The molecule has 6 heteroatoms. The summed E-state index contributed by atoms with van der Waals surface area (Å²) in [6.07, 6.45) is 1.07. The lowest BCUT2D eigenvalue weighted by atomic mass is 9.99. The van der Waals surface area contributed by atoms with Crippen LogP contribution in [-0.2, 0) is 14.2 Å². The summed E-state index contributed by atoms with van der Waals surface area (Å²) in [5.41, 5.74) is 0.511. The topological polar surface area (TPSA) is 65.0 Å². The molecule has 36 heavy (non-hydrogen) atoms. The average Bonchev–Trinajstić information content (AvgIpc) is 2.92. The fourth-order valence-electron chi connectivity index (χ4n) is 4.72. The summed E-state index contributed by atoms with van der Waals surface area (Å²) in [5, 5.41) is 1.50. The maximum atomic E-state index is 12.8. The van der Waals surface area contributed by atoms with Crippen LogP contribution in [0.4, 0.5) is 0 Å². The zero-order valence-electron chi connectivity index (χ0n) is 21.7. The summed E-state index contributed by atoms with van der Waals surface area (Å²) in [6, 6.07) is 28.9. The first-order valence-electron chi connectivity index (χ1n) is 12.5. The molecule has 1 unspecified atom stereocenters. The summed E-state index contributed by atoms with van der Waals surface area (Å²) < 4.78 is 17.1. The van der Waals surface area contributed by atoms with Crippen molar-refractivity contribution in [2.45, 2.75) is 57.3 Å². The first-order valence-corrected chi connectivity index (χ1v) is 14.5. The van der Waals surface area contributed by atoms with Crippen LogP contribution in [-0.4, -0.2) is 45.2 Å². The van der Waals surface area contributed by atoms with Crippen molar-refractivity contribution in [3.8, 4) is 0 Å². The molecule has 1 N–H and O–H groups in total. The predicted molar refractivity (Wildman–Crippen MR) is 146 cm³/mol. The van der Waals surface area contributed by atoms with Crippen molar-refractivity contribution in [1.82, 2.24) is 0 Å². The van der Waals surface area contributed by atoms with E-state index in [1.807, 2.05) is 85.8 Å². The smallest absolute Gasteiger partial charge is 0.338 e. The Morgan fingerprint density at radius 2 is 1.36 bits per heavy atom. The van der Waals surface area contributed by atoms with Gasteiger partial charge >= 0.3 is 5.97 Å². The van der Waals surface area contributed by atoms with Crippen molar-refractivity contribution >= 4 is 24.7 Å². The van der Waals surface area contributed by atoms with Gasteiger partial charge < -0.3 is 19.0 Å². The number of hydrogen-bond donors (Lipinski definition) is 1. The lowest BCUT2D eigenvalue weighted by molar-refractivity contribution is -0.119. The van der Waals surface area contributed by atoms with Crippen LogP contribution in [0.25, 0.3) is 0 Å². The quantitative estimate of drug-likeness (QED) is 0.202. The second-order valence-electron chi connectivity index (χ2n) is 9.69. The minimum atomic E-state index is -3.15. The lowest BCUT2D eigenvalue weighted by Gasteiger charge is -2.42. The van der Waals surface area contributed by atoms with Crippen molar-refractivity contribution < 1.29 is 23.8 Å². The summed E-state index contributed by atoms with van der Waals surface area (Å²) >= 11 is 0. The molecule has 0 radical (unpaired) electrons. The van der Waals surface area contributed by atoms with Gasteiger partial charge in [0.05, 0.1) is 11.7 Å². The zero-order chi connectivity index (χ0) is 26.0. The molecule has 0 bridgehead atoms. The van der Waals surface area contributed by atoms with Crippen molar-refractivity contribution in [2.24, 2.45) is 0 Å². The third-order valence-electron chi connectivity index (χ3n) is 6.90. The molecule has 5 nitrogen and oxygen atoms in total. The van der Waals surface area contributed by atoms with Crippen molar-refractivity contribution in [3.05, 3.63) is 96.6 Å². The first-order chi connectivity index (χ1) is 17.3. The second-order valence-corrected chi connectivity index (χ2v) is 13.6. The Kier molecular flexibility index (Phi) is 10.0. The zero-order valence-corrected chi connectivity index (χ0v) is 22.7. The van der Waals surface area contributed by atoms with Crippen molar-refractivity contribution in [1.29, 1.82) is 0 Å². The van der Waals surface area contributed by atoms with Crippen LogP contribution in [0.2, 0.25) is 5.04 Å². The van der Waals surface area contributed by atoms with E-state index in [1.165, 1.54) is 0 Å². The minimum Gasteiger partial charge on any atom is -0.456 e. The molecule has 3 aromatic carbocycles. The largest absolute Gasteiger partial charge is 0.456 e. The lowest BCUT2D eigenvalue weighted by Crippen LogP contribution is -2.65. The van der Waals surface area contributed by atoms with Crippen LogP contribution in [0.15, 0.2) is 91.0 Å². The van der Waals surface area contributed by atoms with E-state index in [0.29, 0.717) is 24.8 Å². The first kappa shape index (κ1) is 27.8. The Hall–Kier alpha value is -2.77. The Morgan fingerprint density at radius 1 is 0.861 bits per heavy atom. The van der Waals surface area contributed by atoms with Crippen molar-refractivity contribution in [3.63, 3.8) is 0 Å². The van der Waals surface area contributed by atoms with Crippen LogP contribution in [0, 0.1) is 0 Å². The SMILES string of the molecule is CCC(OC(=O)c1ccccc1)[C@@H](CCC(C)(C)[Si](O)(c1ccccc1)c1ccccc1)OCOC. The number of ether oxygens (including phenoxy) is 3. The summed E-state index contributed by atoms with van der Waals surface area (Å²) in [6.45, 7) is 6.34. The van der Waals surface area contributed by atoms with Gasteiger partial charge in [0.2, 0.25) is 0 Å². The van der Waals surface area contributed by atoms with Gasteiger partial charge in [0, 0.05) is 7.11 Å². The molecule has 0 amide bonds. The Bertz CT molecular complexity index is 1020. The monoisotopic (exact) mass is 506 g/mol. The molecule has 0 aliphatic heterocycles. The molecule has 0 heterocycles. The van der Waals surface area contributed by atoms with Gasteiger partial charge in [-0.2, -0.15) is 0 Å². The number of carbonyl (C=O) groups is 1. The minimum absolute atomic E-state index is 0.101. The van der Waals surface area contributed by atoms with Gasteiger partial charge in [-0.25, -0.2) is 4.79 Å². The van der Waals surface area contributed by atoms with E-state index in [2.05, 4.69) is 13.8 Å². The molecule has 0 saturated carbocycles. The highest BCUT2D eigenvalue weighted by molar-refractivity contribution is 6.98. The van der Waals surface area contributed by atoms with Gasteiger partial charge in [0.15, 0.2) is 0 Å². The van der Waals surface area contributed by atoms with E-state index in [0.717, 1.165) is 10.4 Å². The molecular formula is C30H38O5Si. The number of benzene rings is 3. The molecule has 0 aromatic heterocycles. The van der Waals surface area contributed by atoms with E-state index in [1.54, 1.807) is 19.2 Å². The number of esters is 1. The summed E-state index contributed by atoms with van der Waals surface area (Å²) in [5.74, 6) is -0.368. The summed E-state index contributed by atoms with van der Waals surface area (Å²) in [4.78, 5) is 25.2. The number of rotatable bonds is 13. The highest BCUT2D eigenvalue weighted by Gasteiger charge is 2.50. The van der Waals surface area contributed by atoms with Crippen LogP contribution in [0.5, 0.6) is 0 Å². The van der Waals surface area contributed by atoms with Crippen LogP contribution in [0.1, 0.15) is 50.4 Å². The summed E-state index contributed by atoms with van der Waals surface area (Å²) in [7, 11) is -1.57. The van der Waals surface area contributed by atoms with Crippen LogP contribution >= 0.6 is 0 Å². The molecule has 0 spiro atoms. The van der Waals surface area contributed by atoms with E-state index < -0.39 is 19.5 Å². The van der Waals surface area contributed by atoms with E-state index >= 15 is 0 Å². The van der Waals surface area contributed by atoms with Crippen molar-refractivity contribution in [2.75, 3.05) is 13.9 Å². The number of methoxy groups -OCH3 is 1. The Balaban J connectivity index is 1.85. The van der Waals surface area contributed by atoms with Crippen LogP contribution < -0.4 is 10.4 Å². The molecule has 0 saturated heterocycles. The van der Waals surface area contributed by atoms with Gasteiger partial charge in [0.1, 0.15) is 12.9 Å². The van der Waals surface area contributed by atoms with Crippen LogP contribution in [0.3, 0.4) is 0 Å². The molecule has 0 fully saturated rings. The molecule has 3 aromatic rings. The highest BCUT2D eigenvalue weighted by Crippen LogP contribution is 2.41. The normalized spacial score (nSPS) is 13.7. The van der Waals surface area contributed by atoms with Gasteiger partial charge in [-0.1, -0.05) is 99.6 Å². The fourth-order valence-corrected chi connectivity index (χ4v) is 8.48. The van der Waals surface area contributed by atoms with Gasteiger partial charge in [-0.15, -0.1) is 0 Å². The van der Waals surface area contributed by atoms with E-state index in [4.69, 9.17) is 14.2 Å². The molecule has 3 rings (SSSR count). The number of hydrogen-bond acceptors (Lipinski definition) is 5. The standard InChI is InChI=1S/C30H38O5Si/c1-5-27(35-29(31)24-15-9-6-10-16-24)28(34-23-33-4)21-22-30(2,3)36(32,25-17-11-7-12-18-25)26-19-13-8-14-20-26/h6-20,27-28,32H,5,21-23H2,1-4H3/t27?,28-/m1/s1. The number of carbonyl (C=O) groups excluding carboxylic acids is 1. The third-order valence-corrected chi connectivity index (χ3v) is 11.4. The molecule has 2 atom stereocenters. The fraction of sp³-hybridized carbons (Fsp3) is 0.367. The van der Waals surface area contributed by atoms with Gasteiger partial charge in [-0.3, -0.25) is 0 Å². The molecular weight excluding hydrogens is 468 g/mol. The second kappa shape index (κ2) is 13.0. The van der Waals surface area contributed by atoms with E-state index in [-0.39, 0.29) is 18.9 Å². The third kappa shape index (κ3) is 6.50. The molecule has 0 aliphatic carbocycles. The highest BCUT2D eigenvalue weighted by atomic mass is 28.4. The maximum Gasteiger partial charge on any atom is 0.338 e. The average molecular weight is 507 g/mol. The molecule has 192 valence electrons.